The lowest BCUT2D eigenvalue weighted by Crippen LogP contribution is -2.03. The summed E-state index contributed by atoms with van der Waals surface area (Å²) in [5.74, 6) is 1.36. The number of anilines is 1. The van der Waals surface area contributed by atoms with Crippen molar-refractivity contribution in [2.75, 3.05) is 5.73 Å². The van der Waals surface area contributed by atoms with E-state index in [2.05, 4.69) is 22.2 Å². The number of nitrogens with two attached hydrogens (primary N) is 1. The number of rotatable bonds is 3. The molecule has 5 nitrogen and oxygen atoms in total. The van der Waals surface area contributed by atoms with Crippen LogP contribution in [0, 0.1) is 0 Å². The maximum absolute atomic E-state index is 5.98. The van der Waals surface area contributed by atoms with Gasteiger partial charge in [-0.15, -0.1) is 0 Å². The molecule has 21 heavy (non-hydrogen) atoms. The minimum atomic E-state index is 0.347. The summed E-state index contributed by atoms with van der Waals surface area (Å²) in [5, 5.41) is 6.47. The normalized spacial score (nSPS) is 14.5. The third kappa shape index (κ3) is 2.20. The van der Waals surface area contributed by atoms with Crippen LogP contribution in [0.3, 0.4) is 0 Å². The van der Waals surface area contributed by atoms with Crippen LogP contribution in [0.1, 0.15) is 12.8 Å². The third-order valence-electron chi connectivity index (χ3n) is 3.74. The molecular formula is C16H16N4O. The highest BCUT2D eigenvalue weighted by atomic mass is 16.5. The largest absolute Gasteiger partial charge is 0.474 e. The summed E-state index contributed by atoms with van der Waals surface area (Å²) >= 11 is 0. The van der Waals surface area contributed by atoms with Crippen LogP contribution >= 0.6 is 0 Å². The van der Waals surface area contributed by atoms with Gasteiger partial charge in [0.25, 0.3) is 0 Å². The Morgan fingerprint density at radius 3 is 2.86 bits per heavy atom. The number of benzene rings is 1. The van der Waals surface area contributed by atoms with Gasteiger partial charge in [0.15, 0.2) is 0 Å². The fourth-order valence-electron chi connectivity index (χ4n) is 2.43. The van der Waals surface area contributed by atoms with E-state index in [1.54, 1.807) is 10.9 Å². The first-order valence-electron chi connectivity index (χ1n) is 7.05. The number of nitrogens with zero attached hydrogens (tertiary/aromatic N) is 3. The molecule has 0 bridgehead atoms. The summed E-state index contributed by atoms with van der Waals surface area (Å²) in [6, 6.07) is 8.10. The van der Waals surface area contributed by atoms with Crippen LogP contribution in [0.25, 0.3) is 21.9 Å². The molecule has 0 radical (unpaired) electrons. The molecule has 0 atom stereocenters. The van der Waals surface area contributed by atoms with Gasteiger partial charge in [0.2, 0.25) is 5.88 Å². The van der Waals surface area contributed by atoms with Gasteiger partial charge in [-0.05, 0) is 35.9 Å². The molecule has 1 saturated carbocycles. The van der Waals surface area contributed by atoms with Gasteiger partial charge in [0.05, 0.1) is 11.8 Å². The molecule has 0 aliphatic heterocycles. The van der Waals surface area contributed by atoms with E-state index in [-0.39, 0.29) is 0 Å². The molecule has 4 rings (SSSR count). The van der Waals surface area contributed by atoms with Crippen molar-refractivity contribution >= 4 is 16.6 Å². The van der Waals surface area contributed by atoms with Crippen molar-refractivity contribution in [2.24, 2.45) is 7.05 Å². The zero-order chi connectivity index (χ0) is 14.4. The highest BCUT2D eigenvalue weighted by molar-refractivity contribution is 5.88. The number of ether oxygens (including phenoxy) is 1. The number of fused-ring (bicyclic) bond motifs is 1. The highest BCUT2D eigenvalue weighted by Gasteiger charge is 2.26. The van der Waals surface area contributed by atoms with E-state index in [0.29, 0.717) is 11.9 Å². The van der Waals surface area contributed by atoms with Crippen LogP contribution in [-0.2, 0) is 7.05 Å². The maximum atomic E-state index is 5.98. The summed E-state index contributed by atoms with van der Waals surface area (Å²) in [6.45, 7) is 0. The van der Waals surface area contributed by atoms with Gasteiger partial charge >= 0.3 is 0 Å². The summed E-state index contributed by atoms with van der Waals surface area (Å²) in [5.41, 5.74) is 7.86. The van der Waals surface area contributed by atoms with E-state index >= 15 is 0 Å². The third-order valence-corrected chi connectivity index (χ3v) is 3.74. The first-order valence-corrected chi connectivity index (χ1v) is 7.05. The van der Waals surface area contributed by atoms with Crippen molar-refractivity contribution in [3.05, 3.63) is 36.7 Å². The number of aromatic nitrogens is 3. The molecule has 0 spiro atoms. The quantitative estimate of drug-likeness (QED) is 0.801. The van der Waals surface area contributed by atoms with Crippen LogP contribution in [0.5, 0.6) is 5.88 Å². The van der Waals surface area contributed by atoms with Gasteiger partial charge in [-0.3, -0.25) is 0 Å². The second-order valence-corrected chi connectivity index (χ2v) is 5.48. The van der Waals surface area contributed by atoms with Crippen molar-refractivity contribution < 1.29 is 4.74 Å². The van der Waals surface area contributed by atoms with Crippen LogP contribution in [-0.4, -0.2) is 20.9 Å². The number of hydrogen-bond acceptors (Lipinski definition) is 4. The topological polar surface area (TPSA) is 66.0 Å². The second-order valence-electron chi connectivity index (χ2n) is 5.48. The Kier molecular flexibility index (Phi) is 2.60. The van der Waals surface area contributed by atoms with E-state index in [1.807, 2.05) is 25.4 Å². The van der Waals surface area contributed by atoms with E-state index in [1.165, 1.54) is 0 Å². The summed E-state index contributed by atoms with van der Waals surface area (Å²) in [6.07, 6.45) is 6.25. The van der Waals surface area contributed by atoms with E-state index < -0.39 is 0 Å². The summed E-state index contributed by atoms with van der Waals surface area (Å²) in [7, 11) is 1.91. The van der Waals surface area contributed by atoms with Gasteiger partial charge in [-0.1, -0.05) is 12.1 Å². The fourth-order valence-corrected chi connectivity index (χ4v) is 2.43. The Morgan fingerprint density at radius 1 is 1.19 bits per heavy atom. The van der Waals surface area contributed by atoms with E-state index in [0.717, 1.165) is 40.6 Å². The van der Waals surface area contributed by atoms with E-state index in [4.69, 9.17) is 10.5 Å². The van der Waals surface area contributed by atoms with Crippen molar-refractivity contribution in [1.82, 2.24) is 14.8 Å². The molecule has 5 heteroatoms. The molecule has 0 saturated heterocycles. The second kappa shape index (κ2) is 4.48. The van der Waals surface area contributed by atoms with Gasteiger partial charge in [-0.25, -0.2) is 9.67 Å². The van der Waals surface area contributed by atoms with Crippen LogP contribution < -0.4 is 10.5 Å². The first-order chi connectivity index (χ1) is 10.2. The molecule has 1 aromatic carbocycles. The standard InChI is InChI=1S/C16H16N4O/c1-20-16(21-13-4-5-13)14(9-19-20)10-2-3-11-8-18-15(17)7-12(11)6-10/h2-3,6-9,13H,4-5H2,1H3,(H2,17,18). The molecule has 1 aliphatic rings. The first kappa shape index (κ1) is 12.2. The Balaban J connectivity index is 1.82. The predicted molar refractivity (Wildman–Crippen MR) is 82.0 cm³/mol. The van der Waals surface area contributed by atoms with Crippen molar-refractivity contribution in [3.8, 4) is 17.0 Å². The molecule has 1 fully saturated rings. The Morgan fingerprint density at radius 2 is 2.05 bits per heavy atom. The van der Waals surface area contributed by atoms with Crippen LogP contribution in [0.2, 0.25) is 0 Å². The lowest BCUT2D eigenvalue weighted by Gasteiger charge is -2.08. The molecule has 106 valence electrons. The number of pyridine rings is 1. The van der Waals surface area contributed by atoms with Gasteiger partial charge in [0, 0.05) is 18.6 Å². The van der Waals surface area contributed by atoms with Gasteiger partial charge in [0.1, 0.15) is 11.9 Å². The maximum Gasteiger partial charge on any atom is 0.219 e. The minimum absolute atomic E-state index is 0.347. The molecule has 3 aromatic rings. The van der Waals surface area contributed by atoms with Gasteiger partial charge < -0.3 is 10.5 Å². The predicted octanol–water partition coefficient (Wildman–Crippen LogP) is 2.76. The molecule has 2 aromatic heterocycles. The SMILES string of the molecule is Cn1ncc(-c2ccc3cnc(N)cc3c2)c1OC1CC1. The Hall–Kier alpha value is -2.56. The number of nitrogen functional groups attached to an aromatic ring is 1. The van der Waals surface area contributed by atoms with E-state index in [9.17, 15) is 0 Å². The lowest BCUT2D eigenvalue weighted by atomic mass is 10.0. The molecular weight excluding hydrogens is 264 g/mol. The van der Waals surface area contributed by atoms with Gasteiger partial charge in [-0.2, -0.15) is 5.10 Å². The lowest BCUT2D eigenvalue weighted by molar-refractivity contribution is 0.277. The zero-order valence-corrected chi connectivity index (χ0v) is 11.8. The smallest absolute Gasteiger partial charge is 0.219 e. The highest BCUT2D eigenvalue weighted by Crippen LogP contribution is 2.35. The molecule has 1 aliphatic carbocycles. The van der Waals surface area contributed by atoms with Crippen LogP contribution in [0.4, 0.5) is 5.82 Å². The summed E-state index contributed by atoms with van der Waals surface area (Å²) in [4.78, 5) is 4.12. The fraction of sp³-hybridized carbons (Fsp3) is 0.250. The van der Waals surface area contributed by atoms with Crippen LogP contribution in [0.15, 0.2) is 36.7 Å². The monoisotopic (exact) mass is 280 g/mol. The zero-order valence-electron chi connectivity index (χ0n) is 11.8. The molecule has 2 heterocycles. The molecule has 2 N–H and O–H groups in total. The van der Waals surface area contributed by atoms with Crippen molar-refractivity contribution in [1.29, 1.82) is 0 Å². The number of hydrogen-bond donors (Lipinski definition) is 1. The Bertz CT molecular complexity index is 820. The minimum Gasteiger partial charge on any atom is -0.474 e. The van der Waals surface area contributed by atoms with Crippen molar-refractivity contribution in [2.45, 2.75) is 18.9 Å². The summed E-state index contributed by atoms with van der Waals surface area (Å²) < 4.78 is 7.77. The Labute approximate surface area is 122 Å². The average molecular weight is 280 g/mol. The molecule has 0 unspecified atom stereocenters. The van der Waals surface area contributed by atoms with Crippen molar-refractivity contribution in [3.63, 3.8) is 0 Å². The average Bonchev–Trinajstić information content (AvgIpc) is 3.22. The number of aryl methyl sites for hydroxylation is 1. The molecule has 0 amide bonds.